The Kier molecular flexibility index (Phi) is 7.37. The van der Waals surface area contributed by atoms with Crippen molar-refractivity contribution < 1.29 is 19.1 Å². The van der Waals surface area contributed by atoms with Crippen LogP contribution in [-0.4, -0.2) is 55.6 Å². The lowest BCUT2D eigenvalue weighted by molar-refractivity contribution is -0.145. The van der Waals surface area contributed by atoms with Gasteiger partial charge in [0.1, 0.15) is 6.04 Å². The van der Waals surface area contributed by atoms with Crippen molar-refractivity contribution >= 4 is 34.4 Å². The first-order chi connectivity index (χ1) is 16.5. The third-order valence-electron chi connectivity index (χ3n) is 6.11. The summed E-state index contributed by atoms with van der Waals surface area (Å²) in [4.78, 5) is 44.2. The van der Waals surface area contributed by atoms with E-state index in [9.17, 15) is 14.4 Å². The van der Waals surface area contributed by atoms with Crippen LogP contribution < -0.4 is 15.5 Å². The number of fused-ring (bicyclic) bond motifs is 1. The molecule has 0 spiro atoms. The Hall–Kier alpha value is -3.94. The van der Waals surface area contributed by atoms with E-state index in [0.29, 0.717) is 31.5 Å². The fraction of sp³-hybridized carbons (Fsp3) is 0.308. The summed E-state index contributed by atoms with van der Waals surface area (Å²) >= 11 is 0. The number of amides is 2. The number of aromatic nitrogens is 1. The van der Waals surface area contributed by atoms with Gasteiger partial charge in [0.05, 0.1) is 24.5 Å². The van der Waals surface area contributed by atoms with Crippen molar-refractivity contribution in [2.75, 3.05) is 31.6 Å². The molecule has 1 aliphatic heterocycles. The number of benzene rings is 2. The Labute approximate surface area is 198 Å². The molecule has 0 saturated carbocycles. The van der Waals surface area contributed by atoms with E-state index in [0.717, 1.165) is 16.6 Å². The third-order valence-corrected chi connectivity index (χ3v) is 6.11. The minimum absolute atomic E-state index is 0.0479. The van der Waals surface area contributed by atoms with Gasteiger partial charge in [0.2, 0.25) is 5.91 Å². The topological polar surface area (TPSA) is 101 Å². The number of carbonyl (C=O) groups is 3. The number of nitrogens with one attached hydrogen (secondary N) is 2. The monoisotopic (exact) mass is 460 g/mol. The Bertz CT molecular complexity index is 1160. The largest absolute Gasteiger partial charge is 0.467 e. The lowest BCUT2D eigenvalue weighted by Crippen LogP contribution is -2.51. The molecule has 1 fully saturated rings. The molecule has 8 heteroatoms. The highest BCUT2D eigenvalue weighted by atomic mass is 16.5. The molecule has 1 aliphatic rings. The van der Waals surface area contributed by atoms with Crippen LogP contribution >= 0.6 is 0 Å². The molecule has 2 amide bonds. The Balaban J connectivity index is 1.32. The maximum absolute atomic E-state index is 12.9. The maximum Gasteiger partial charge on any atom is 0.330 e. The molecule has 1 aromatic heterocycles. The number of ether oxygens (including phenoxy) is 1. The Morgan fingerprint density at radius 3 is 2.50 bits per heavy atom. The number of hydrogen-bond donors (Lipinski definition) is 2. The van der Waals surface area contributed by atoms with Crippen molar-refractivity contribution in [3.63, 3.8) is 0 Å². The van der Waals surface area contributed by atoms with Crippen molar-refractivity contribution in [1.82, 2.24) is 15.6 Å². The Morgan fingerprint density at radius 2 is 1.76 bits per heavy atom. The van der Waals surface area contributed by atoms with E-state index in [-0.39, 0.29) is 24.3 Å². The third kappa shape index (κ3) is 5.51. The van der Waals surface area contributed by atoms with Crippen molar-refractivity contribution in [3.05, 3.63) is 72.4 Å². The van der Waals surface area contributed by atoms with Crippen molar-refractivity contribution in [2.24, 2.45) is 5.92 Å². The fourth-order valence-corrected chi connectivity index (χ4v) is 4.14. The summed E-state index contributed by atoms with van der Waals surface area (Å²) in [5.41, 5.74) is 2.47. The molecule has 0 unspecified atom stereocenters. The number of carbonyl (C=O) groups excluding carboxylic acids is 3. The molecule has 0 bridgehead atoms. The molecule has 34 heavy (non-hydrogen) atoms. The second-order valence-corrected chi connectivity index (χ2v) is 8.31. The molecule has 2 N–H and O–H groups in total. The van der Waals surface area contributed by atoms with E-state index in [4.69, 9.17) is 4.74 Å². The summed E-state index contributed by atoms with van der Waals surface area (Å²) in [6.45, 7) is 1.38. The number of pyridine rings is 1. The molecule has 3 aromatic rings. The summed E-state index contributed by atoms with van der Waals surface area (Å²) in [5.74, 6) is -1.34. The second-order valence-electron chi connectivity index (χ2n) is 8.31. The first-order valence-electron chi connectivity index (χ1n) is 11.4. The smallest absolute Gasteiger partial charge is 0.330 e. The van der Waals surface area contributed by atoms with E-state index in [2.05, 4.69) is 26.6 Å². The highest BCUT2D eigenvalue weighted by Crippen LogP contribution is 2.25. The predicted molar refractivity (Wildman–Crippen MR) is 129 cm³/mol. The highest BCUT2D eigenvalue weighted by molar-refractivity contribution is 5.94. The Morgan fingerprint density at radius 1 is 1.06 bits per heavy atom. The van der Waals surface area contributed by atoms with Crippen LogP contribution in [0.3, 0.4) is 0 Å². The standard InChI is InChI=1S/C26H28N4O4/c1-34-26(33)23(17-28-24(31)18-7-3-2-4-8-18)29-25(32)19-11-13-30(14-12-19)21-15-20-9-5-6-10-22(20)27-16-21/h2-10,15-16,19,23H,11-14,17H2,1H3,(H,28,31)(H,29,32)/t23-/m0/s1. The van der Waals surface area contributed by atoms with Gasteiger partial charge in [-0.2, -0.15) is 0 Å². The van der Waals surface area contributed by atoms with Gasteiger partial charge in [-0.1, -0.05) is 36.4 Å². The van der Waals surface area contributed by atoms with E-state index in [1.54, 1.807) is 24.3 Å². The number of nitrogens with zero attached hydrogens (tertiary/aromatic N) is 2. The van der Waals surface area contributed by atoms with Crippen LogP contribution in [0.2, 0.25) is 0 Å². The number of esters is 1. The van der Waals surface area contributed by atoms with Gasteiger partial charge in [0, 0.05) is 36.5 Å². The average molecular weight is 461 g/mol. The lowest BCUT2D eigenvalue weighted by Gasteiger charge is -2.33. The quantitative estimate of drug-likeness (QED) is 0.526. The van der Waals surface area contributed by atoms with Crippen LogP contribution in [0.15, 0.2) is 66.9 Å². The zero-order valence-corrected chi connectivity index (χ0v) is 19.1. The minimum Gasteiger partial charge on any atom is -0.467 e. The molecule has 0 radical (unpaired) electrons. The number of para-hydroxylation sites is 1. The van der Waals surface area contributed by atoms with Crippen molar-refractivity contribution in [3.8, 4) is 0 Å². The molecule has 176 valence electrons. The molecule has 1 saturated heterocycles. The SMILES string of the molecule is COC(=O)[C@H](CNC(=O)c1ccccc1)NC(=O)C1CCN(c2cnc3ccccc3c2)CC1. The van der Waals surface area contributed by atoms with E-state index >= 15 is 0 Å². The van der Waals surface area contributed by atoms with Gasteiger partial charge in [-0.25, -0.2) is 4.79 Å². The van der Waals surface area contributed by atoms with E-state index in [1.807, 2.05) is 36.5 Å². The summed E-state index contributed by atoms with van der Waals surface area (Å²) in [5, 5.41) is 6.54. The lowest BCUT2D eigenvalue weighted by atomic mass is 9.95. The number of hydrogen-bond acceptors (Lipinski definition) is 6. The zero-order valence-electron chi connectivity index (χ0n) is 19.1. The number of methoxy groups -OCH3 is 1. The van der Waals surface area contributed by atoms with Crippen LogP contribution in [-0.2, 0) is 14.3 Å². The summed E-state index contributed by atoms with van der Waals surface area (Å²) < 4.78 is 4.83. The van der Waals surface area contributed by atoms with Crippen LogP contribution in [0.25, 0.3) is 10.9 Å². The second kappa shape index (κ2) is 10.8. The number of piperidine rings is 1. The van der Waals surface area contributed by atoms with Gasteiger partial charge in [0.15, 0.2) is 0 Å². The van der Waals surface area contributed by atoms with Gasteiger partial charge in [0.25, 0.3) is 5.91 Å². The van der Waals surface area contributed by atoms with Gasteiger partial charge in [-0.3, -0.25) is 14.6 Å². The molecular formula is C26H28N4O4. The molecule has 1 atom stereocenters. The molecule has 2 heterocycles. The van der Waals surface area contributed by atoms with Gasteiger partial charge >= 0.3 is 5.97 Å². The van der Waals surface area contributed by atoms with Crippen molar-refractivity contribution in [2.45, 2.75) is 18.9 Å². The minimum atomic E-state index is -0.951. The normalized spacial score (nSPS) is 14.9. The van der Waals surface area contributed by atoms with E-state index in [1.165, 1.54) is 7.11 Å². The molecule has 8 nitrogen and oxygen atoms in total. The highest BCUT2D eigenvalue weighted by Gasteiger charge is 2.29. The summed E-state index contributed by atoms with van der Waals surface area (Å²) in [6.07, 6.45) is 3.18. The predicted octanol–water partition coefficient (Wildman–Crippen LogP) is 2.54. The van der Waals surface area contributed by atoms with Crippen LogP contribution in [0.1, 0.15) is 23.2 Å². The molecule has 0 aliphatic carbocycles. The van der Waals surface area contributed by atoms with Crippen LogP contribution in [0.5, 0.6) is 0 Å². The van der Waals surface area contributed by atoms with Crippen LogP contribution in [0.4, 0.5) is 5.69 Å². The van der Waals surface area contributed by atoms with Crippen molar-refractivity contribution in [1.29, 1.82) is 0 Å². The summed E-state index contributed by atoms with van der Waals surface area (Å²) in [7, 11) is 1.26. The molecular weight excluding hydrogens is 432 g/mol. The number of anilines is 1. The first kappa shape index (κ1) is 23.2. The van der Waals surface area contributed by atoms with E-state index < -0.39 is 12.0 Å². The summed E-state index contributed by atoms with van der Waals surface area (Å²) in [6, 6.07) is 17.8. The number of rotatable bonds is 7. The first-order valence-corrected chi connectivity index (χ1v) is 11.4. The average Bonchev–Trinajstić information content (AvgIpc) is 2.90. The van der Waals surface area contributed by atoms with Gasteiger partial charge < -0.3 is 20.3 Å². The maximum atomic E-state index is 12.9. The van der Waals surface area contributed by atoms with Gasteiger partial charge in [-0.15, -0.1) is 0 Å². The molecule has 4 rings (SSSR count). The van der Waals surface area contributed by atoms with Crippen LogP contribution in [0, 0.1) is 5.92 Å². The zero-order chi connectivity index (χ0) is 23.9. The molecule has 2 aromatic carbocycles. The fourth-order valence-electron chi connectivity index (χ4n) is 4.14. The van der Waals surface area contributed by atoms with Gasteiger partial charge in [-0.05, 0) is 37.1 Å².